The second-order valence-corrected chi connectivity index (χ2v) is 12.3. The Bertz CT molecular complexity index is 898. The number of hydrogen-bond donors (Lipinski definition) is 3. The molecule has 0 aliphatic heterocycles. The summed E-state index contributed by atoms with van der Waals surface area (Å²) in [5.74, 6) is 0.101. The molecule has 1 aromatic carbocycles. The van der Waals surface area contributed by atoms with Crippen LogP contribution in [0.15, 0.2) is 12.1 Å². The summed E-state index contributed by atoms with van der Waals surface area (Å²) in [6.45, 7) is 9.01. The van der Waals surface area contributed by atoms with Crippen LogP contribution in [0.4, 0.5) is 5.69 Å². The lowest BCUT2D eigenvalue weighted by Gasteiger charge is -2.38. The topological polar surface area (TPSA) is 115 Å². The van der Waals surface area contributed by atoms with Crippen molar-refractivity contribution >= 4 is 23.4 Å². The SMILES string of the molecule is CCCCCC1CCC(C(=O)Nc2cc(C(N)=O)c(C3CCC(C(C)(C)C)CC3)c(C(N)=O)c2)CC1. The van der Waals surface area contributed by atoms with Gasteiger partial charge in [-0.1, -0.05) is 53.4 Å². The molecule has 0 saturated heterocycles. The Morgan fingerprint density at radius 1 is 0.861 bits per heavy atom. The van der Waals surface area contributed by atoms with Gasteiger partial charge in [0.2, 0.25) is 17.7 Å². The third-order valence-corrected chi connectivity index (χ3v) is 8.77. The number of carbonyl (C=O) groups is 3. The predicted molar refractivity (Wildman–Crippen MR) is 146 cm³/mol. The number of unbranched alkanes of at least 4 members (excludes halogenated alkanes) is 2. The quantitative estimate of drug-likeness (QED) is 0.337. The fraction of sp³-hybridized carbons (Fsp3) is 0.700. The van der Waals surface area contributed by atoms with Crippen molar-refractivity contribution in [1.82, 2.24) is 0 Å². The van der Waals surface area contributed by atoms with E-state index >= 15 is 0 Å². The summed E-state index contributed by atoms with van der Waals surface area (Å²) >= 11 is 0. The van der Waals surface area contributed by atoms with Crippen LogP contribution in [0.3, 0.4) is 0 Å². The molecule has 1 aromatic rings. The molecular formula is C30H47N3O3. The van der Waals surface area contributed by atoms with Crippen molar-refractivity contribution in [2.75, 3.05) is 5.32 Å². The number of rotatable bonds is 9. The maximum Gasteiger partial charge on any atom is 0.249 e. The first-order chi connectivity index (χ1) is 17.0. The Labute approximate surface area is 217 Å². The maximum absolute atomic E-state index is 13.1. The van der Waals surface area contributed by atoms with Gasteiger partial charge in [0.15, 0.2) is 0 Å². The van der Waals surface area contributed by atoms with Crippen molar-refractivity contribution in [2.45, 2.75) is 111 Å². The smallest absolute Gasteiger partial charge is 0.249 e. The van der Waals surface area contributed by atoms with Crippen LogP contribution in [0, 0.1) is 23.2 Å². The Balaban J connectivity index is 1.74. The molecule has 0 unspecified atom stereocenters. The molecule has 6 heteroatoms. The highest BCUT2D eigenvalue weighted by Gasteiger charge is 2.34. The number of carbonyl (C=O) groups excluding carboxylic acids is 3. The van der Waals surface area contributed by atoms with Crippen LogP contribution in [0.2, 0.25) is 0 Å². The fourth-order valence-corrected chi connectivity index (χ4v) is 6.46. The third kappa shape index (κ3) is 7.10. The van der Waals surface area contributed by atoms with Crippen LogP contribution in [0.5, 0.6) is 0 Å². The van der Waals surface area contributed by atoms with Crippen LogP contribution in [-0.2, 0) is 4.79 Å². The summed E-state index contributed by atoms with van der Waals surface area (Å²) in [5, 5.41) is 2.97. The summed E-state index contributed by atoms with van der Waals surface area (Å²) in [7, 11) is 0. The van der Waals surface area contributed by atoms with Crippen LogP contribution in [-0.4, -0.2) is 17.7 Å². The number of primary amides is 2. The minimum Gasteiger partial charge on any atom is -0.366 e. The predicted octanol–water partition coefficient (Wildman–Crippen LogP) is 6.53. The van der Waals surface area contributed by atoms with Crippen LogP contribution < -0.4 is 16.8 Å². The van der Waals surface area contributed by atoms with Gasteiger partial charge < -0.3 is 16.8 Å². The summed E-state index contributed by atoms with van der Waals surface area (Å²) in [6.07, 6.45) is 12.8. The highest BCUT2D eigenvalue weighted by atomic mass is 16.2. The lowest BCUT2D eigenvalue weighted by atomic mass is 9.67. The number of anilines is 1. The molecule has 0 bridgehead atoms. The number of nitrogens with two attached hydrogens (primary N) is 2. The molecule has 0 heterocycles. The molecule has 0 atom stereocenters. The largest absolute Gasteiger partial charge is 0.366 e. The van der Waals surface area contributed by atoms with Crippen LogP contribution in [0.1, 0.15) is 137 Å². The van der Waals surface area contributed by atoms with E-state index < -0.39 is 11.8 Å². The minimum atomic E-state index is -0.589. The zero-order chi connectivity index (χ0) is 26.5. The molecule has 5 N–H and O–H groups in total. The highest BCUT2D eigenvalue weighted by molar-refractivity contribution is 6.04. The van der Waals surface area contributed by atoms with Gasteiger partial charge in [-0.2, -0.15) is 0 Å². The van der Waals surface area contributed by atoms with Crippen molar-refractivity contribution in [3.63, 3.8) is 0 Å². The van der Waals surface area contributed by atoms with Gasteiger partial charge in [0.25, 0.3) is 0 Å². The van der Waals surface area contributed by atoms with E-state index in [-0.39, 0.29) is 23.2 Å². The molecule has 2 aliphatic carbocycles. The molecule has 0 spiro atoms. The normalized spacial score (nSPS) is 24.8. The molecule has 200 valence electrons. The van der Waals surface area contributed by atoms with Crippen molar-refractivity contribution in [2.24, 2.45) is 34.6 Å². The molecule has 2 aliphatic rings. The molecule has 0 radical (unpaired) electrons. The second kappa shape index (κ2) is 12.2. The van der Waals surface area contributed by atoms with Crippen molar-refractivity contribution in [3.05, 3.63) is 28.8 Å². The molecule has 0 aromatic heterocycles. The number of hydrogen-bond acceptors (Lipinski definition) is 3. The monoisotopic (exact) mass is 497 g/mol. The second-order valence-electron chi connectivity index (χ2n) is 12.3. The summed E-state index contributed by atoms with van der Waals surface area (Å²) in [5.41, 5.74) is 13.5. The lowest BCUT2D eigenvalue weighted by Crippen LogP contribution is -2.29. The third-order valence-electron chi connectivity index (χ3n) is 8.77. The molecule has 2 fully saturated rings. The van der Waals surface area contributed by atoms with E-state index in [1.807, 2.05) is 0 Å². The Morgan fingerprint density at radius 3 is 1.89 bits per heavy atom. The highest BCUT2D eigenvalue weighted by Crippen LogP contribution is 2.45. The van der Waals surface area contributed by atoms with Crippen molar-refractivity contribution < 1.29 is 14.4 Å². The number of benzene rings is 1. The zero-order valence-corrected chi connectivity index (χ0v) is 22.8. The van der Waals surface area contributed by atoms with E-state index in [1.54, 1.807) is 12.1 Å². The first-order valence-electron chi connectivity index (χ1n) is 14.1. The molecule has 3 amide bonds. The van der Waals surface area contributed by atoms with E-state index in [9.17, 15) is 14.4 Å². The Morgan fingerprint density at radius 2 is 1.42 bits per heavy atom. The van der Waals surface area contributed by atoms with Gasteiger partial charge in [0.05, 0.1) is 0 Å². The molecule has 6 nitrogen and oxygen atoms in total. The van der Waals surface area contributed by atoms with Gasteiger partial charge in [-0.25, -0.2) is 0 Å². The fourth-order valence-electron chi connectivity index (χ4n) is 6.46. The molecule has 3 rings (SSSR count). The van der Waals surface area contributed by atoms with Crippen LogP contribution >= 0.6 is 0 Å². The summed E-state index contributed by atoms with van der Waals surface area (Å²) in [4.78, 5) is 38.1. The average molecular weight is 498 g/mol. The molecule has 2 saturated carbocycles. The van der Waals surface area contributed by atoms with E-state index in [1.165, 1.54) is 25.7 Å². The maximum atomic E-state index is 13.1. The standard InChI is InChI=1S/C30H47N3O3/c1-5-6-7-8-19-9-11-21(12-10-19)29(36)33-23-17-24(27(31)34)26(25(18-23)28(32)35)20-13-15-22(16-14-20)30(2,3)4/h17-22H,5-16H2,1-4H3,(H2,31,34)(H2,32,35)(H,33,36). The van der Waals surface area contributed by atoms with E-state index in [0.717, 1.165) is 57.3 Å². The van der Waals surface area contributed by atoms with Gasteiger partial charge in [0, 0.05) is 22.7 Å². The van der Waals surface area contributed by atoms with Gasteiger partial charge >= 0.3 is 0 Å². The summed E-state index contributed by atoms with van der Waals surface area (Å²) < 4.78 is 0. The Kier molecular flexibility index (Phi) is 9.59. The minimum absolute atomic E-state index is 0.0474. The van der Waals surface area contributed by atoms with E-state index in [2.05, 4.69) is 33.0 Å². The molecular weight excluding hydrogens is 450 g/mol. The van der Waals surface area contributed by atoms with Gasteiger partial charge in [0.1, 0.15) is 0 Å². The average Bonchev–Trinajstić information content (AvgIpc) is 2.83. The number of amides is 3. The van der Waals surface area contributed by atoms with Crippen molar-refractivity contribution in [1.29, 1.82) is 0 Å². The van der Waals surface area contributed by atoms with Gasteiger partial charge in [-0.3, -0.25) is 14.4 Å². The van der Waals surface area contributed by atoms with E-state index in [4.69, 9.17) is 11.5 Å². The Hall–Kier alpha value is -2.37. The lowest BCUT2D eigenvalue weighted by molar-refractivity contribution is -0.121. The first kappa shape index (κ1) is 28.2. The van der Waals surface area contributed by atoms with Crippen LogP contribution in [0.25, 0.3) is 0 Å². The first-order valence-corrected chi connectivity index (χ1v) is 14.1. The summed E-state index contributed by atoms with van der Waals surface area (Å²) in [6, 6.07) is 3.29. The number of nitrogens with one attached hydrogen (secondary N) is 1. The van der Waals surface area contributed by atoms with E-state index in [0.29, 0.717) is 28.3 Å². The zero-order valence-electron chi connectivity index (χ0n) is 22.8. The van der Waals surface area contributed by atoms with Gasteiger partial charge in [-0.05, 0) is 92.2 Å². The molecule has 36 heavy (non-hydrogen) atoms. The van der Waals surface area contributed by atoms with Crippen molar-refractivity contribution in [3.8, 4) is 0 Å². The van der Waals surface area contributed by atoms with Gasteiger partial charge in [-0.15, -0.1) is 0 Å².